The quantitative estimate of drug-likeness (QED) is 0.123. The van der Waals surface area contributed by atoms with Gasteiger partial charge in [0.15, 0.2) is 11.7 Å². The second-order valence-corrected chi connectivity index (χ2v) is 8.61. The Morgan fingerprint density at radius 3 is 2.13 bits per heavy atom. The Morgan fingerprint density at radius 2 is 1.59 bits per heavy atom. The van der Waals surface area contributed by atoms with Gasteiger partial charge >= 0.3 is 18.4 Å². The summed E-state index contributed by atoms with van der Waals surface area (Å²) in [6.45, 7) is 0.955. The van der Waals surface area contributed by atoms with Crippen molar-refractivity contribution in [3.63, 3.8) is 0 Å². The monoisotopic (exact) mass is 572 g/mol. The molecule has 0 aromatic heterocycles. The van der Waals surface area contributed by atoms with Crippen LogP contribution in [0.5, 0.6) is 0 Å². The highest BCUT2D eigenvalue weighted by molar-refractivity contribution is 5.93. The number of benzene rings is 1. The summed E-state index contributed by atoms with van der Waals surface area (Å²) in [7, 11) is 1.18. The molecular formula is C23H30F6N4O6. The number of guanidine groups is 1. The van der Waals surface area contributed by atoms with Gasteiger partial charge in [0.25, 0.3) is 5.91 Å². The number of ketones is 1. The molecule has 0 saturated carbocycles. The van der Waals surface area contributed by atoms with Crippen molar-refractivity contribution in [2.45, 2.75) is 63.4 Å². The fraction of sp³-hybridized carbons (Fsp3) is 0.565. The Balaban J connectivity index is 2.67. The van der Waals surface area contributed by atoms with Crippen molar-refractivity contribution in [3.8, 4) is 0 Å². The van der Waals surface area contributed by atoms with Crippen molar-refractivity contribution in [2.24, 2.45) is 0 Å². The van der Waals surface area contributed by atoms with Crippen molar-refractivity contribution < 1.29 is 54.9 Å². The summed E-state index contributed by atoms with van der Waals surface area (Å²) in [5, 5.41) is 14.5. The van der Waals surface area contributed by atoms with Crippen LogP contribution in [-0.4, -0.2) is 74.1 Å². The van der Waals surface area contributed by atoms with Gasteiger partial charge in [-0.05, 0) is 32.3 Å². The van der Waals surface area contributed by atoms with E-state index in [4.69, 9.17) is 14.9 Å². The molecule has 0 radical (unpaired) electrons. The van der Waals surface area contributed by atoms with Gasteiger partial charge in [-0.15, -0.1) is 0 Å². The third-order valence-electron chi connectivity index (χ3n) is 5.15. The van der Waals surface area contributed by atoms with Crippen LogP contribution >= 0.6 is 0 Å². The van der Waals surface area contributed by atoms with E-state index in [1.165, 1.54) is 21.0 Å². The van der Waals surface area contributed by atoms with Gasteiger partial charge in [0, 0.05) is 13.7 Å². The Morgan fingerprint density at radius 1 is 1.00 bits per heavy atom. The van der Waals surface area contributed by atoms with E-state index >= 15 is 0 Å². The Kier molecular flexibility index (Phi) is 12.7. The number of hydrogen-bond acceptors (Lipinski definition) is 7. The summed E-state index contributed by atoms with van der Waals surface area (Å²) in [5.41, 5.74) is -0.758. The molecule has 0 bridgehead atoms. The maximum Gasteiger partial charge on any atom is 0.423 e. The molecule has 220 valence electrons. The molecule has 0 heterocycles. The fourth-order valence-electron chi connectivity index (χ4n) is 2.80. The largest absolute Gasteiger partial charge is 0.444 e. The molecule has 1 rings (SSSR count). The van der Waals surface area contributed by atoms with E-state index in [1.807, 2.05) is 0 Å². The normalized spacial score (nSPS) is 13.0. The Bertz CT molecular complexity index is 958. The summed E-state index contributed by atoms with van der Waals surface area (Å²) in [5.74, 6) is -2.57. The van der Waals surface area contributed by atoms with Gasteiger partial charge in [-0.1, -0.05) is 30.3 Å². The van der Waals surface area contributed by atoms with E-state index in [-0.39, 0.29) is 26.0 Å². The van der Waals surface area contributed by atoms with E-state index in [0.29, 0.717) is 5.56 Å². The molecule has 0 spiro atoms. The summed E-state index contributed by atoms with van der Waals surface area (Å²) >= 11 is 0. The van der Waals surface area contributed by atoms with Gasteiger partial charge in [-0.2, -0.15) is 26.3 Å². The molecule has 0 aliphatic heterocycles. The number of alkyl carbamates (subject to hydrolysis) is 1. The van der Waals surface area contributed by atoms with Crippen LogP contribution in [0.15, 0.2) is 30.3 Å². The molecule has 0 aliphatic rings. The first-order valence-corrected chi connectivity index (χ1v) is 11.4. The molecule has 0 fully saturated rings. The second-order valence-electron chi connectivity index (χ2n) is 8.61. The maximum absolute atomic E-state index is 12.7. The van der Waals surface area contributed by atoms with Crippen molar-refractivity contribution in [2.75, 3.05) is 20.3 Å². The van der Waals surface area contributed by atoms with Crippen LogP contribution < -0.4 is 16.0 Å². The van der Waals surface area contributed by atoms with Crippen molar-refractivity contribution >= 4 is 23.7 Å². The van der Waals surface area contributed by atoms with E-state index in [0.717, 1.165) is 0 Å². The SMILES string of the molecule is COC(C)(C)C(=O)NC(CCCNC(=N)NC(=O)OCc1ccccc1)C(=O)COC(C(F)(F)F)C(F)(F)F. The molecule has 1 aromatic rings. The molecule has 39 heavy (non-hydrogen) atoms. The van der Waals surface area contributed by atoms with Crippen LogP contribution in [0.2, 0.25) is 0 Å². The molecule has 10 nitrogen and oxygen atoms in total. The van der Waals surface area contributed by atoms with E-state index < -0.39 is 60.4 Å². The number of methoxy groups -OCH3 is 1. The lowest BCUT2D eigenvalue weighted by molar-refractivity contribution is -0.319. The maximum atomic E-state index is 12.7. The number of Topliss-reactive ketones (excluding diaryl/α,β-unsaturated/α-hetero) is 1. The first kappa shape index (κ1) is 33.6. The summed E-state index contributed by atoms with van der Waals surface area (Å²) in [6.07, 6.45) is -17.0. The lowest BCUT2D eigenvalue weighted by atomic mass is 10.0. The predicted molar refractivity (Wildman–Crippen MR) is 125 cm³/mol. The minimum absolute atomic E-state index is 0.00477. The fourth-order valence-corrected chi connectivity index (χ4v) is 2.80. The molecular weight excluding hydrogens is 542 g/mol. The standard InChI is InChI=1S/C23H30F6N4O6/c1-21(2,37-3)18(35)32-15(16(34)13-38-17(22(24,25)26)23(27,28)29)10-7-11-31-19(30)33-20(36)39-12-14-8-5-4-6-9-14/h4-6,8-9,15,17H,7,10-13H2,1-3H3,(H,32,35)(H3,30,31,33,36). The number of alkyl halides is 6. The summed E-state index contributed by atoms with van der Waals surface area (Å²) in [4.78, 5) is 36.6. The molecule has 0 saturated heterocycles. The van der Waals surface area contributed by atoms with Gasteiger partial charge in [0.2, 0.25) is 6.10 Å². The zero-order valence-electron chi connectivity index (χ0n) is 21.3. The highest BCUT2D eigenvalue weighted by atomic mass is 19.4. The van der Waals surface area contributed by atoms with E-state index in [1.54, 1.807) is 30.3 Å². The van der Waals surface area contributed by atoms with Crippen LogP contribution in [0.3, 0.4) is 0 Å². The number of carbonyl (C=O) groups excluding carboxylic acids is 3. The van der Waals surface area contributed by atoms with Gasteiger partial charge in [-0.25, -0.2) is 4.79 Å². The number of hydrogen-bond donors (Lipinski definition) is 4. The molecule has 1 unspecified atom stereocenters. The van der Waals surface area contributed by atoms with Crippen molar-refractivity contribution in [1.82, 2.24) is 16.0 Å². The Labute approximate surface area is 220 Å². The smallest absolute Gasteiger partial charge is 0.423 e. The van der Waals surface area contributed by atoms with Crippen molar-refractivity contribution in [3.05, 3.63) is 35.9 Å². The first-order valence-electron chi connectivity index (χ1n) is 11.4. The molecule has 4 N–H and O–H groups in total. The zero-order valence-corrected chi connectivity index (χ0v) is 21.3. The third kappa shape index (κ3) is 12.3. The third-order valence-corrected chi connectivity index (χ3v) is 5.15. The van der Waals surface area contributed by atoms with E-state index in [2.05, 4.69) is 20.7 Å². The van der Waals surface area contributed by atoms with Crippen molar-refractivity contribution in [1.29, 1.82) is 5.41 Å². The summed E-state index contributed by atoms with van der Waals surface area (Å²) in [6, 6.07) is 7.17. The number of halogens is 6. The first-order chi connectivity index (χ1) is 18.0. The average Bonchev–Trinajstić information content (AvgIpc) is 2.83. The van der Waals surface area contributed by atoms with Crippen LogP contribution in [0, 0.1) is 5.41 Å². The van der Waals surface area contributed by atoms with Crippen LogP contribution in [0.1, 0.15) is 32.3 Å². The van der Waals surface area contributed by atoms with Gasteiger partial charge in [-0.3, -0.25) is 20.3 Å². The lowest BCUT2D eigenvalue weighted by Crippen LogP contribution is -2.52. The number of carbonyl (C=O) groups is 3. The Hall–Kier alpha value is -3.40. The van der Waals surface area contributed by atoms with E-state index in [9.17, 15) is 40.7 Å². The van der Waals surface area contributed by atoms with Gasteiger partial charge in [0.05, 0.1) is 6.04 Å². The highest BCUT2D eigenvalue weighted by Crippen LogP contribution is 2.35. The number of ether oxygens (including phenoxy) is 3. The molecule has 16 heteroatoms. The minimum Gasteiger partial charge on any atom is -0.444 e. The minimum atomic E-state index is -5.81. The topological polar surface area (TPSA) is 139 Å². The molecule has 0 aliphatic carbocycles. The van der Waals surface area contributed by atoms with Gasteiger partial charge < -0.3 is 24.8 Å². The average molecular weight is 573 g/mol. The second kappa shape index (κ2) is 14.7. The van der Waals surface area contributed by atoms with Crippen LogP contribution in [-0.2, 0) is 30.4 Å². The zero-order chi connectivity index (χ0) is 29.9. The number of rotatable bonds is 13. The predicted octanol–water partition coefficient (Wildman–Crippen LogP) is 3.21. The number of amides is 2. The highest BCUT2D eigenvalue weighted by Gasteiger charge is 2.58. The molecule has 1 aromatic carbocycles. The van der Waals surface area contributed by atoms with Crippen LogP contribution in [0.4, 0.5) is 31.1 Å². The number of nitrogens with one attached hydrogen (secondary N) is 4. The molecule has 2 amide bonds. The lowest BCUT2D eigenvalue weighted by Gasteiger charge is -2.27. The van der Waals surface area contributed by atoms with Gasteiger partial charge in [0.1, 0.15) is 18.8 Å². The molecule has 1 atom stereocenters. The summed E-state index contributed by atoms with van der Waals surface area (Å²) < 4.78 is 90.1. The van der Waals surface area contributed by atoms with Crippen LogP contribution in [0.25, 0.3) is 0 Å².